The molecule has 0 radical (unpaired) electrons. The number of hydrogen-bond acceptors (Lipinski definition) is 2. The van der Waals surface area contributed by atoms with E-state index in [1.54, 1.807) is 0 Å². The Bertz CT molecular complexity index is 337. The van der Waals surface area contributed by atoms with Gasteiger partial charge in [-0.05, 0) is 45.1 Å². The second kappa shape index (κ2) is 4.68. The fourth-order valence-electron chi connectivity index (χ4n) is 4.36. The molecular formula is C14H23ClN2O. The molecule has 0 aromatic carbocycles. The monoisotopic (exact) mass is 270 g/mol. The molecule has 0 aromatic heterocycles. The smallest absolute Gasteiger partial charge is 0.237 e. The van der Waals surface area contributed by atoms with Crippen LogP contribution in [-0.2, 0) is 4.79 Å². The maximum absolute atomic E-state index is 12.5. The summed E-state index contributed by atoms with van der Waals surface area (Å²) >= 11 is 6.15. The van der Waals surface area contributed by atoms with Gasteiger partial charge in [0.25, 0.3) is 0 Å². The van der Waals surface area contributed by atoms with Gasteiger partial charge in [-0.15, -0.1) is 11.6 Å². The average molecular weight is 271 g/mol. The Labute approximate surface area is 114 Å². The van der Waals surface area contributed by atoms with Crippen molar-refractivity contribution in [2.75, 3.05) is 13.6 Å². The van der Waals surface area contributed by atoms with Gasteiger partial charge in [0.05, 0.1) is 6.04 Å². The number of carbonyl (C=O) groups excluding carboxylic acids is 1. The molecular weight excluding hydrogens is 248 g/mol. The van der Waals surface area contributed by atoms with Crippen LogP contribution in [0.2, 0.25) is 0 Å². The molecule has 1 aliphatic heterocycles. The fraction of sp³-hybridized carbons (Fsp3) is 0.929. The Morgan fingerprint density at radius 3 is 2.56 bits per heavy atom. The van der Waals surface area contributed by atoms with Gasteiger partial charge >= 0.3 is 0 Å². The molecule has 18 heavy (non-hydrogen) atoms. The van der Waals surface area contributed by atoms with Crippen LogP contribution in [0.3, 0.4) is 0 Å². The lowest BCUT2D eigenvalue weighted by molar-refractivity contribution is -0.127. The molecule has 0 aromatic rings. The number of hydrogen-bond donors (Lipinski definition) is 1. The minimum Gasteiger partial charge on any atom is -0.349 e. The van der Waals surface area contributed by atoms with Crippen molar-refractivity contribution in [1.82, 2.24) is 10.2 Å². The quantitative estimate of drug-likeness (QED) is 0.780. The van der Waals surface area contributed by atoms with Gasteiger partial charge in [-0.3, -0.25) is 9.69 Å². The fourth-order valence-corrected chi connectivity index (χ4v) is 4.74. The molecule has 0 unspecified atom stereocenters. The molecule has 3 fully saturated rings. The maximum Gasteiger partial charge on any atom is 0.237 e. The summed E-state index contributed by atoms with van der Waals surface area (Å²) in [4.78, 5) is 14.6. The molecule has 2 saturated carbocycles. The molecule has 1 heterocycles. The first-order valence-electron chi connectivity index (χ1n) is 7.27. The van der Waals surface area contributed by atoms with Crippen LogP contribution in [0.15, 0.2) is 0 Å². The molecule has 4 heteroatoms. The number of nitrogens with one attached hydrogen (secondary N) is 1. The van der Waals surface area contributed by atoms with Crippen LogP contribution < -0.4 is 5.32 Å². The number of rotatable bonds is 2. The van der Waals surface area contributed by atoms with Gasteiger partial charge in [-0.25, -0.2) is 0 Å². The normalized spacial score (nSPS) is 44.2. The number of likely N-dealkylation sites (N-methyl/N-ethyl adjacent to an activating group) is 1. The number of amides is 1. The van der Waals surface area contributed by atoms with Crippen LogP contribution in [0.4, 0.5) is 0 Å². The molecule has 1 N–H and O–H groups in total. The van der Waals surface area contributed by atoms with Crippen molar-refractivity contribution in [2.24, 2.45) is 5.92 Å². The van der Waals surface area contributed by atoms with Gasteiger partial charge in [0, 0.05) is 17.5 Å². The van der Waals surface area contributed by atoms with Crippen molar-refractivity contribution in [1.29, 1.82) is 0 Å². The lowest BCUT2D eigenvalue weighted by Crippen LogP contribution is -2.53. The first-order chi connectivity index (χ1) is 8.61. The minimum atomic E-state index is -0.0104. The first kappa shape index (κ1) is 12.7. The lowest BCUT2D eigenvalue weighted by Gasteiger charge is -2.33. The second-order valence-electron chi connectivity index (χ2n) is 6.42. The van der Waals surface area contributed by atoms with Crippen LogP contribution in [0.5, 0.6) is 0 Å². The third-order valence-corrected chi connectivity index (χ3v) is 5.62. The maximum atomic E-state index is 12.5. The Morgan fingerprint density at radius 2 is 2.00 bits per heavy atom. The van der Waals surface area contributed by atoms with Crippen LogP contribution in [0.1, 0.15) is 44.9 Å². The summed E-state index contributed by atoms with van der Waals surface area (Å²) in [5.41, 5.74) is 0.141. The number of fused-ring (bicyclic) bond motifs is 1. The van der Waals surface area contributed by atoms with Crippen LogP contribution in [0.25, 0.3) is 0 Å². The van der Waals surface area contributed by atoms with Gasteiger partial charge in [-0.2, -0.15) is 0 Å². The van der Waals surface area contributed by atoms with Gasteiger partial charge in [-0.1, -0.05) is 12.8 Å². The van der Waals surface area contributed by atoms with E-state index in [4.69, 9.17) is 11.6 Å². The summed E-state index contributed by atoms with van der Waals surface area (Å²) in [6.45, 7) is 0.829. The number of alkyl halides is 1. The van der Waals surface area contributed by atoms with Crippen molar-refractivity contribution >= 4 is 17.5 Å². The summed E-state index contributed by atoms with van der Waals surface area (Å²) in [7, 11) is 2.01. The van der Waals surface area contributed by atoms with E-state index in [0.717, 1.165) is 18.9 Å². The van der Waals surface area contributed by atoms with Gasteiger partial charge < -0.3 is 5.32 Å². The minimum absolute atomic E-state index is 0.0104. The lowest BCUT2D eigenvalue weighted by atomic mass is 9.90. The molecule has 2 aliphatic carbocycles. The predicted molar refractivity (Wildman–Crippen MR) is 72.7 cm³/mol. The van der Waals surface area contributed by atoms with Crippen molar-refractivity contribution < 1.29 is 4.79 Å². The van der Waals surface area contributed by atoms with Crippen LogP contribution in [0, 0.1) is 5.92 Å². The SMILES string of the molecule is CN1C[C@@H](Cl)C[C@H]1C(=O)NC12CCCC1CCC2. The summed E-state index contributed by atoms with van der Waals surface area (Å²) in [6, 6.07) is -0.0104. The zero-order valence-electron chi connectivity index (χ0n) is 11.1. The summed E-state index contributed by atoms with van der Waals surface area (Å²) < 4.78 is 0. The topological polar surface area (TPSA) is 32.3 Å². The van der Waals surface area contributed by atoms with Gasteiger partial charge in [0.15, 0.2) is 0 Å². The molecule has 2 atom stereocenters. The number of likely N-dealkylation sites (tertiary alicyclic amines) is 1. The van der Waals surface area contributed by atoms with Crippen LogP contribution in [-0.4, -0.2) is 41.4 Å². The highest BCUT2D eigenvalue weighted by molar-refractivity contribution is 6.21. The number of carbonyl (C=O) groups is 1. The zero-order valence-corrected chi connectivity index (χ0v) is 11.9. The van der Waals surface area contributed by atoms with E-state index in [-0.39, 0.29) is 22.9 Å². The van der Waals surface area contributed by atoms with E-state index in [1.807, 2.05) is 7.05 Å². The Hall–Kier alpha value is -0.280. The molecule has 1 amide bonds. The Balaban J connectivity index is 1.67. The molecule has 3 nitrogen and oxygen atoms in total. The molecule has 3 rings (SSSR count). The molecule has 0 spiro atoms. The van der Waals surface area contributed by atoms with Crippen molar-refractivity contribution in [3.8, 4) is 0 Å². The van der Waals surface area contributed by atoms with Gasteiger partial charge in [0.1, 0.15) is 0 Å². The molecule has 3 aliphatic rings. The van der Waals surface area contributed by atoms with E-state index in [9.17, 15) is 4.79 Å². The highest BCUT2D eigenvalue weighted by Crippen LogP contribution is 2.47. The van der Waals surface area contributed by atoms with E-state index >= 15 is 0 Å². The summed E-state index contributed by atoms with van der Waals surface area (Å²) in [6.07, 6.45) is 8.34. The third-order valence-electron chi connectivity index (χ3n) is 5.30. The molecule has 102 valence electrons. The highest BCUT2D eigenvalue weighted by atomic mass is 35.5. The van der Waals surface area contributed by atoms with E-state index in [0.29, 0.717) is 0 Å². The van der Waals surface area contributed by atoms with Crippen molar-refractivity contribution in [3.05, 3.63) is 0 Å². The van der Waals surface area contributed by atoms with Crippen molar-refractivity contribution in [3.63, 3.8) is 0 Å². The number of nitrogens with zero attached hydrogens (tertiary/aromatic N) is 1. The first-order valence-corrected chi connectivity index (χ1v) is 7.71. The number of halogens is 1. The zero-order chi connectivity index (χ0) is 12.8. The predicted octanol–water partition coefficient (Wildman–Crippen LogP) is 2.14. The third kappa shape index (κ3) is 2.05. The highest BCUT2D eigenvalue weighted by Gasteiger charge is 2.48. The largest absolute Gasteiger partial charge is 0.349 e. The second-order valence-corrected chi connectivity index (χ2v) is 7.03. The van der Waals surface area contributed by atoms with E-state index in [2.05, 4.69) is 10.2 Å². The summed E-state index contributed by atoms with van der Waals surface area (Å²) in [5, 5.41) is 3.54. The van der Waals surface area contributed by atoms with E-state index < -0.39 is 0 Å². The molecule has 1 saturated heterocycles. The average Bonchev–Trinajstić information content (AvgIpc) is 2.91. The van der Waals surface area contributed by atoms with Gasteiger partial charge in [0.2, 0.25) is 5.91 Å². The Kier molecular flexibility index (Phi) is 3.31. The van der Waals surface area contributed by atoms with Crippen molar-refractivity contribution in [2.45, 2.75) is 61.9 Å². The standard InChI is InChI=1S/C14H23ClN2O/c1-17-9-11(15)8-12(17)13(18)16-14-6-2-4-10(14)5-3-7-14/h10-12H,2-9H2,1H3,(H,16,18)/t10?,11-,12-,14?/m0/s1. The van der Waals surface area contributed by atoms with Crippen LogP contribution >= 0.6 is 11.6 Å². The summed E-state index contributed by atoms with van der Waals surface area (Å²) in [5.74, 6) is 0.953. The Morgan fingerprint density at radius 1 is 1.33 bits per heavy atom. The molecule has 0 bridgehead atoms. The van der Waals surface area contributed by atoms with E-state index in [1.165, 1.54) is 38.5 Å².